The molecular weight excluding hydrogens is 440 g/mol. The van der Waals surface area contributed by atoms with Crippen LogP contribution in [0.2, 0.25) is 0 Å². The fourth-order valence-corrected chi connectivity index (χ4v) is 6.69. The van der Waals surface area contributed by atoms with E-state index in [9.17, 15) is 14.7 Å². The standard InChI is InChI=1S/C24H30N4O4S/c29-21(27-23-25-9-3-10-26-23)15-28-11-6-17(7-12-28)20(14-28)32-22(30)24(31,18-4-1-2-5-18)19-8-13-33-16-19/h3,8-10,13,16-18,20,31H,1-2,4-7,11-12,14-15H2/p+1/t17?,20?,24-,28?/m1/s1. The van der Waals surface area contributed by atoms with Crippen molar-refractivity contribution in [1.82, 2.24) is 9.97 Å². The van der Waals surface area contributed by atoms with Gasteiger partial charge < -0.3 is 14.3 Å². The minimum atomic E-state index is -1.59. The summed E-state index contributed by atoms with van der Waals surface area (Å²) in [6, 6.07) is 3.54. The van der Waals surface area contributed by atoms with Crippen LogP contribution in [0, 0.1) is 11.8 Å². The van der Waals surface area contributed by atoms with Gasteiger partial charge >= 0.3 is 5.97 Å². The molecule has 176 valence electrons. The zero-order valence-electron chi connectivity index (χ0n) is 18.7. The summed E-state index contributed by atoms with van der Waals surface area (Å²) in [6.45, 7) is 2.68. The number of nitrogens with zero attached hydrogens (tertiary/aromatic N) is 3. The van der Waals surface area contributed by atoms with E-state index >= 15 is 0 Å². The van der Waals surface area contributed by atoms with Crippen molar-refractivity contribution in [3.8, 4) is 0 Å². The number of rotatable bonds is 7. The Labute approximate surface area is 197 Å². The quantitative estimate of drug-likeness (QED) is 0.476. The molecule has 0 radical (unpaired) electrons. The predicted molar refractivity (Wildman–Crippen MR) is 123 cm³/mol. The van der Waals surface area contributed by atoms with Gasteiger partial charge in [0.25, 0.3) is 5.91 Å². The highest BCUT2D eigenvalue weighted by molar-refractivity contribution is 7.08. The van der Waals surface area contributed by atoms with E-state index in [0.717, 1.165) is 51.6 Å². The molecule has 2 bridgehead atoms. The lowest BCUT2D eigenvalue weighted by atomic mass is 9.80. The molecule has 5 heterocycles. The molecule has 1 aliphatic carbocycles. The Balaban J connectivity index is 1.28. The summed E-state index contributed by atoms with van der Waals surface area (Å²) in [5.74, 6) is -0.183. The van der Waals surface area contributed by atoms with Crippen LogP contribution in [-0.2, 0) is 19.9 Å². The maximum Gasteiger partial charge on any atom is 0.343 e. The summed E-state index contributed by atoms with van der Waals surface area (Å²) in [5.41, 5.74) is -0.938. The third kappa shape index (κ3) is 4.41. The number of esters is 1. The normalized spacial score (nSPS) is 28.9. The van der Waals surface area contributed by atoms with Crippen LogP contribution in [0.25, 0.3) is 0 Å². The molecule has 2 atom stereocenters. The Morgan fingerprint density at radius 2 is 1.91 bits per heavy atom. The third-order valence-electron chi connectivity index (χ3n) is 7.81. The van der Waals surface area contributed by atoms with E-state index in [-0.39, 0.29) is 23.8 Å². The van der Waals surface area contributed by atoms with Crippen LogP contribution in [-0.4, -0.2) is 63.7 Å². The van der Waals surface area contributed by atoms with E-state index < -0.39 is 11.6 Å². The molecule has 0 aromatic carbocycles. The molecule has 3 saturated heterocycles. The number of carbonyl (C=O) groups excluding carboxylic acids is 2. The van der Waals surface area contributed by atoms with Gasteiger partial charge in [-0.3, -0.25) is 10.1 Å². The van der Waals surface area contributed by atoms with E-state index in [4.69, 9.17) is 4.74 Å². The van der Waals surface area contributed by atoms with Gasteiger partial charge in [0.1, 0.15) is 6.54 Å². The fourth-order valence-electron chi connectivity index (χ4n) is 5.98. The lowest BCUT2D eigenvalue weighted by molar-refractivity contribution is -0.939. The second-order valence-electron chi connectivity index (χ2n) is 9.79. The Hall–Kier alpha value is -2.36. The zero-order valence-corrected chi connectivity index (χ0v) is 19.5. The molecule has 2 aromatic rings. The molecule has 1 amide bonds. The Kier molecular flexibility index (Phi) is 6.20. The lowest BCUT2D eigenvalue weighted by Crippen LogP contribution is -2.66. The molecule has 2 N–H and O–H groups in total. The van der Waals surface area contributed by atoms with Crippen LogP contribution >= 0.6 is 11.3 Å². The number of piperidine rings is 3. The average Bonchev–Trinajstić information content (AvgIpc) is 3.54. The topological polar surface area (TPSA) is 101 Å². The van der Waals surface area contributed by atoms with Crippen LogP contribution in [0.4, 0.5) is 5.95 Å². The number of ether oxygens (including phenoxy) is 1. The summed E-state index contributed by atoms with van der Waals surface area (Å²) in [4.78, 5) is 34.4. The second-order valence-corrected chi connectivity index (χ2v) is 10.6. The van der Waals surface area contributed by atoms with Gasteiger partial charge in [-0.05, 0) is 35.7 Å². The van der Waals surface area contributed by atoms with E-state index in [1.807, 2.05) is 16.8 Å². The Morgan fingerprint density at radius 1 is 1.18 bits per heavy atom. The number of anilines is 1. The predicted octanol–water partition coefficient (Wildman–Crippen LogP) is 2.71. The number of fused-ring (bicyclic) bond motifs is 3. The maximum atomic E-state index is 13.5. The Bertz CT molecular complexity index is 972. The molecule has 3 aliphatic heterocycles. The first-order chi connectivity index (χ1) is 16.0. The molecule has 4 fully saturated rings. The van der Waals surface area contributed by atoms with E-state index in [2.05, 4.69) is 15.3 Å². The monoisotopic (exact) mass is 471 g/mol. The molecule has 9 heteroatoms. The summed E-state index contributed by atoms with van der Waals surface area (Å²) >= 11 is 1.48. The van der Waals surface area contributed by atoms with Crippen LogP contribution in [0.3, 0.4) is 0 Å². The molecule has 0 spiro atoms. The van der Waals surface area contributed by atoms with Crippen LogP contribution in [0.5, 0.6) is 0 Å². The minimum absolute atomic E-state index is 0.111. The van der Waals surface area contributed by atoms with Crippen molar-refractivity contribution in [2.24, 2.45) is 11.8 Å². The fraction of sp³-hybridized carbons (Fsp3) is 0.583. The first-order valence-electron chi connectivity index (χ1n) is 11.9. The zero-order chi connectivity index (χ0) is 22.9. The van der Waals surface area contributed by atoms with Crippen molar-refractivity contribution in [2.45, 2.75) is 50.2 Å². The number of hydrogen-bond donors (Lipinski definition) is 2. The number of aromatic nitrogens is 2. The SMILES string of the molecule is O=C(C[N+]12CCC(CC1)C(OC(=O)[C@](O)(c1ccsc1)C1CCCC1)C2)Nc1ncccn1. The lowest BCUT2D eigenvalue weighted by Gasteiger charge is -2.51. The van der Waals surface area contributed by atoms with Crippen molar-refractivity contribution in [3.05, 3.63) is 40.8 Å². The first-order valence-corrected chi connectivity index (χ1v) is 12.8. The highest BCUT2D eigenvalue weighted by Gasteiger charge is 2.53. The third-order valence-corrected chi connectivity index (χ3v) is 8.50. The van der Waals surface area contributed by atoms with E-state index in [0.29, 0.717) is 29.1 Å². The highest BCUT2D eigenvalue weighted by atomic mass is 32.1. The summed E-state index contributed by atoms with van der Waals surface area (Å²) < 4.78 is 6.69. The molecular formula is C24H31N4O4S+. The van der Waals surface area contributed by atoms with Crippen molar-refractivity contribution in [2.75, 3.05) is 31.5 Å². The van der Waals surface area contributed by atoms with Crippen molar-refractivity contribution in [1.29, 1.82) is 0 Å². The van der Waals surface area contributed by atoms with Gasteiger partial charge in [-0.25, -0.2) is 14.8 Å². The van der Waals surface area contributed by atoms with Crippen molar-refractivity contribution >= 4 is 29.2 Å². The van der Waals surface area contributed by atoms with Gasteiger partial charge in [0, 0.05) is 42.6 Å². The Morgan fingerprint density at radius 3 is 2.58 bits per heavy atom. The number of aliphatic hydroxyl groups is 1. The van der Waals surface area contributed by atoms with Crippen LogP contribution in [0.1, 0.15) is 44.1 Å². The first kappa shape index (κ1) is 22.4. The number of carbonyl (C=O) groups is 2. The van der Waals surface area contributed by atoms with Gasteiger partial charge in [-0.2, -0.15) is 11.3 Å². The van der Waals surface area contributed by atoms with Crippen molar-refractivity contribution < 1.29 is 23.9 Å². The van der Waals surface area contributed by atoms with Gasteiger partial charge in [0.2, 0.25) is 5.95 Å². The van der Waals surface area contributed by atoms with Crippen molar-refractivity contribution in [3.63, 3.8) is 0 Å². The summed E-state index contributed by atoms with van der Waals surface area (Å²) in [6.07, 6.45) is 8.43. The van der Waals surface area contributed by atoms with Crippen LogP contribution in [0.15, 0.2) is 35.3 Å². The minimum Gasteiger partial charge on any atom is -0.454 e. The number of nitrogens with one attached hydrogen (secondary N) is 1. The number of hydrogen-bond acceptors (Lipinski definition) is 7. The van der Waals surface area contributed by atoms with Crippen LogP contribution < -0.4 is 5.32 Å². The molecule has 6 rings (SSSR count). The number of amides is 1. The van der Waals surface area contributed by atoms with E-state index in [1.165, 1.54) is 11.3 Å². The average molecular weight is 472 g/mol. The number of quaternary nitrogens is 1. The highest BCUT2D eigenvalue weighted by Crippen LogP contribution is 2.43. The van der Waals surface area contributed by atoms with Gasteiger partial charge in [-0.1, -0.05) is 12.8 Å². The number of thiophene rings is 1. The largest absolute Gasteiger partial charge is 0.454 e. The van der Waals surface area contributed by atoms with Gasteiger partial charge in [0.15, 0.2) is 18.2 Å². The summed E-state index contributed by atoms with van der Waals surface area (Å²) in [5, 5.41) is 18.2. The molecule has 8 nitrogen and oxygen atoms in total. The maximum absolute atomic E-state index is 13.5. The molecule has 2 aromatic heterocycles. The van der Waals surface area contributed by atoms with Gasteiger partial charge in [0.05, 0.1) is 13.1 Å². The molecule has 33 heavy (non-hydrogen) atoms. The van der Waals surface area contributed by atoms with E-state index in [1.54, 1.807) is 18.5 Å². The van der Waals surface area contributed by atoms with Gasteiger partial charge in [-0.15, -0.1) is 0 Å². The molecule has 1 unspecified atom stereocenters. The summed E-state index contributed by atoms with van der Waals surface area (Å²) in [7, 11) is 0. The smallest absolute Gasteiger partial charge is 0.343 e. The molecule has 1 saturated carbocycles. The second kappa shape index (κ2) is 9.12. The molecule has 4 aliphatic rings.